The van der Waals surface area contributed by atoms with Crippen molar-refractivity contribution < 1.29 is 0 Å². The van der Waals surface area contributed by atoms with Crippen LogP contribution in [-0.2, 0) is 20.1 Å². The van der Waals surface area contributed by atoms with Crippen LogP contribution >= 0.6 is 0 Å². The van der Waals surface area contributed by atoms with Crippen LogP contribution in [0.3, 0.4) is 0 Å². The molecule has 3 aromatic rings. The van der Waals surface area contributed by atoms with Crippen molar-refractivity contribution in [1.29, 1.82) is 0 Å². The predicted octanol–water partition coefficient (Wildman–Crippen LogP) is 1.26. The van der Waals surface area contributed by atoms with Gasteiger partial charge in [-0.1, -0.05) is 18.2 Å². The summed E-state index contributed by atoms with van der Waals surface area (Å²) in [5.41, 5.74) is 2.20. The Morgan fingerprint density at radius 1 is 1.24 bits per heavy atom. The fourth-order valence-corrected chi connectivity index (χ4v) is 2.45. The maximum Gasteiger partial charge on any atom is 0.191 e. The van der Waals surface area contributed by atoms with E-state index in [9.17, 15) is 0 Å². The van der Waals surface area contributed by atoms with E-state index in [1.165, 1.54) is 0 Å². The third kappa shape index (κ3) is 4.23. The molecule has 0 fully saturated rings. The molecular weight excluding hydrogens is 316 g/mol. The summed E-state index contributed by atoms with van der Waals surface area (Å²) in [7, 11) is 1.87. The highest BCUT2D eigenvalue weighted by molar-refractivity contribution is 5.79. The van der Waals surface area contributed by atoms with Crippen molar-refractivity contribution in [3.63, 3.8) is 0 Å². The lowest BCUT2D eigenvalue weighted by Gasteiger charge is -2.12. The first-order chi connectivity index (χ1) is 12.3. The number of guanidine groups is 1. The second kappa shape index (κ2) is 8.09. The van der Waals surface area contributed by atoms with Crippen LogP contribution < -0.4 is 10.6 Å². The average molecular weight is 338 g/mol. The van der Waals surface area contributed by atoms with Crippen LogP contribution in [0.25, 0.3) is 5.69 Å². The first kappa shape index (κ1) is 16.7. The van der Waals surface area contributed by atoms with Crippen molar-refractivity contribution in [1.82, 2.24) is 34.9 Å². The van der Waals surface area contributed by atoms with Gasteiger partial charge in [0.1, 0.15) is 12.2 Å². The fraction of sp³-hybridized carbons (Fsp3) is 0.294. The number of para-hydroxylation sites is 1. The lowest BCUT2D eigenvalue weighted by atomic mass is 10.2. The normalized spacial score (nSPS) is 11.5. The molecular formula is C17H22N8. The minimum atomic E-state index is 0.558. The fourth-order valence-electron chi connectivity index (χ4n) is 2.45. The van der Waals surface area contributed by atoms with E-state index < -0.39 is 0 Å². The molecule has 0 atom stereocenters. The van der Waals surface area contributed by atoms with Gasteiger partial charge in [0.25, 0.3) is 0 Å². The van der Waals surface area contributed by atoms with Crippen LogP contribution in [-0.4, -0.2) is 36.8 Å². The van der Waals surface area contributed by atoms with E-state index in [0.717, 1.165) is 29.6 Å². The number of hydrogen-bond donors (Lipinski definition) is 2. The molecule has 130 valence electrons. The molecule has 8 heteroatoms. The Balaban J connectivity index is 1.73. The zero-order chi connectivity index (χ0) is 17.5. The van der Waals surface area contributed by atoms with Crippen molar-refractivity contribution in [2.45, 2.75) is 20.0 Å². The van der Waals surface area contributed by atoms with Crippen molar-refractivity contribution in [2.75, 3.05) is 6.54 Å². The van der Waals surface area contributed by atoms with Gasteiger partial charge in [-0.25, -0.2) is 15.0 Å². The van der Waals surface area contributed by atoms with Crippen LogP contribution in [0.4, 0.5) is 0 Å². The van der Waals surface area contributed by atoms with E-state index in [4.69, 9.17) is 0 Å². The minimum absolute atomic E-state index is 0.558. The summed E-state index contributed by atoms with van der Waals surface area (Å²) in [5.74, 6) is 1.59. The molecule has 0 aliphatic heterocycles. The Kier molecular flexibility index (Phi) is 5.40. The van der Waals surface area contributed by atoms with Crippen molar-refractivity contribution in [2.24, 2.45) is 12.0 Å². The summed E-state index contributed by atoms with van der Waals surface area (Å²) >= 11 is 0. The van der Waals surface area contributed by atoms with Gasteiger partial charge in [-0.3, -0.25) is 4.68 Å². The molecule has 0 saturated heterocycles. The largest absolute Gasteiger partial charge is 0.357 e. The number of nitrogens with zero attached hydrogens (tertiary/aromatic N) is 6. The molecule has 1 aromatic carbocycles. The predicted molar refractivity (Wildman–Crippen MR) is 96.2 cm³/mol. The van der Waals surface area contributed by atoms with Gasteiger partial charge in [0, 0.05) is 26.0 Å². The van der Waals surface area contributed by atoms with Gasteiger partial charge in [-0.15, -0.1) is 0 Å². The Labute approximate surface area is 146 Å². The maximum absolute atomic E-state index is 4.69. The van der Waals surface area contributed by atoms with Crippen LogP contribution in [0.5, 0.6) is 0 Å². The molecule has 3 rings (SSSR count). The zero-order valence-corrected chi connectivity index (χ0v) is 14.4. The molecule has 25 heavy (non-hydrogen) atoms. The first-order valence-corrected chi connectivity index (χ1v) is 8.19. The molecule has 0 bridgehead atoms. The Hall–Kier alpha value is -3.16. The molecule has 0 aliphatic rings. The van der Waals surface area contributed by atoms with E-state index >= 15 is 0 Å². The number of aromatic nitrogens is 5. The van der Waals surface area contributed by atoms with Crippen molar-refractivity contribution >= 4 is 5.96 Å². The summed E-state index contributed by atoms with van der Waals surface area (Å²) in [5, 5.41) is 10.6. The van der Waals surface area contributed by atoms with Crippen LogP contribution in [0.15, 0.2) is 54.3 Å². The molecule has 0 unspecified atom stereocenters. The zero-order valence-electron chi connectivity index (χ0n) is 14.4. The second-order valence-corrected chi connectivity index (χ2v) is 5.45. The Morgan fingerprint density at radius 2 is 2.12 bits per heavy atom. The van der Waals surface area contributed by atoms with Crippen LogP contribution in [0.1, 0.15) is 18.3 Å². The van der Waals surface area contributed by atoms with Gasteiger partial charge in [0.05, 0.1) is 25.1 Å². The van der Waals surface area contributed by atoms with Gasteiger partial charge in [-0.05, 0) is 18.6 Å². The lowest BCUT2D eigenvalue weighted by molar-refractivity contribution is 0.673. The van der Waals surface area contributed by atoms with Crippen molar-refractivity contribution in [3.05, 3.63) is 60.7 Å². The molecule has 0 spiro atoms. The molecule has 8 nitrogen and oxygen atoms in total. The molecule has 2 heterocycles. The average Bonchev–Trinajstić information content (AvgIpc) is 3.29. The number of rotatable bonds is 6. The number of aryl methyl sites for hydroxylation is 1. The highest BCUT2D eigenvalue weighted by atomic mass is 15.3. The Morgan fingerprint density at radius 3 is 2.84 bits per heavy atom. The van der Waals surface area contributed by atoms with Gasteiger partial charge in [0.2, 0.25) is 0 Å². The van der Waals surface area contributed by atoms with E-state index in [-0.39, 0.29) is 0 Å². The number of benzene rings is 1. The van der Waals surface area contributed by atoms with E-state index in [1.807, 2.05) is 36.9 Å². The number of aliphatic imine (C=N–C) groups is 1. The smallest absolute Gasteiger partial charge is 0.191 e. The van der Waals surface area contributed by atoms with Crippen molar-refractivity contribution in [3.8, 4) is 5.69 Å². The summed E-state index contributed by atoms with van der Waals surface area (Å²) in [4.78, 5) is 13.0. The van der Waals surface area contributed by atoms with E-state index in [0.29, 0.717) is 13.1 Å². The van der Waals surface area contributed by atoms with E-state index in [1.54, 1.807) is 23.5 Å². The number of nitrogens with one attached hydrogen (secondary N) is 2. The van der Waals surface area contributed by atoms with Gasteiger partial charge in [0.15, 0.2) is 5.96 Å². The molecule has 0 aliphatic carbocycles. The standard InChI is InChI=1S/C17H22N8/c1-3-19-17(21-11-16-22-12-23-24(16)2)20-10-14-6-4-5-7-15(14)25-9-8-18-13-25/h4-9,12-13H,3,10-11H2,1-2H3,(H2,19,20,21). The molecule has 2 aromatic heterocycles. The van der Waals surface area contributed by atoms with Crippen LogP contribution in [0.2, 0.25) is 0 Å². The third-order valence-electron chi connectivity index (χ3n) is 3.75. The maximum atomic E-state index is 4.69. The number of hydrogen-bond acceptors (Lipinski definition) is 4. The highest BCUT2D eigenvalue weighted by Gasteiger charge is 2.05. The van der Waals surface area contributed by atoms with Gasteiger partial charge in [-0.2, -0.15) is 5.10 Å². The summed E-state index contributed by atoms with van der Waals surface area (Å²) in [6, 6.07) is 8.17. The van der Waals surface area contributed by atoms with Crippen LogP contribution in [0, 0.1) is 0 Å². The molecule has 0 radical (unpaired) electrons. The molecule has 0 saturated carbocycles. The summed E-state index contributed by atoms with van der Waals surface area (Å²) in [6.07, 6.45) is 7.04. The van der Waals surface area contributed by atoms with Gasteiger partial charge < -0.3 is 15.2 Å². The third-order valence-corrected chi connectivity index (χ3v) is 3.75. The Bertz CT molecular complexity index is 819. The van der Waals surface area contributed by atoms with Gasteiger partial charge >= 0.3 is 0 Å². The molecule has 2 N–H and O–H groups in total. The molecule has 0 amide bonds. The highest BCUT2D eigenvalue weighted by Crippen LogP contribution is 2.15. The first-order valence-electron chi connectivity index (χ1n) is 8.19. The SMILES string of the molecule is CCNC(=NCc1ccccc1-n1ccnc1)NCc1ncnn1C. The topological polar surface area (TPSA) is 84.9 Å². The summed E-state index contributed by atoms with van der Waals surface area (Å²) < 4.78 is 3.73. The van der Waals surface area contributed by atoms with E-state index in [2.05, 4.69) is 42.8 Å². The second-order valence-electron chi connectivity index (χ2n) is 5.45. The quantitative estimate of drug-likeness (QED) is 0.522. The summed E-state index contributed by atoms with van der Waals surface area (Å²) in [6.45, 7) is 3.95. The lowest BCUT2D eigenvalue weighted by Crippen LogP contribution is -2.37. The minimum Gasteiger partial charge on any atom is -0.357 e. The monoisotopic (exact) mass is 338 g/mol. The number of imidazole rings is 1.